The Balaban J connectivity index is 1.83. The SMILES string of the molecule is CCCNC1CCN(CCc2ccc(Cl)cc2)C(C)C1C. The average Bonchev–Trinajstić information content (AvgIpc) is 2.49. The van der Waals surface area contributed by atoms with Gasteiger partial charge < -0.3 is 5.32 Å². The molecule has 21 heavy (non-hydrogen) atoms. The molecule has 3 heteroatoms. The topological polar surface area (TPSA) is 15.3 Å². The number of benzene rings is 1. The van der Waals surface area contributed by atoms with Gasteiger partial charge in [0.2, 0.25) is 0 Å². The zero-order chi connectivity index (χ0) is 15.2. The molecule has 1 fully saturated rings. The Morgan fingerprint density at radius 2 is 1.95 bits per heavy atom. The maximum absolute atomic E-state index is 5.94. The van der Waals surface area contributed by atoms with Gasteiger partial charge in [0.1, 0.15) is 0 Å². The van der Waals surface area contributed by atoms with E-state index in [2.05, 4.69) is 43.1 Å². The van der Waals surface area contributed by atoms with Crippen molar-refractivity contribution in [2.75, 3.05) is 19.6 Å². The van der Waals surface area contributed by atoms with E-state index in [1.54, 1.807) is 0 Å². The van der Waals surface area contributed by atoms with Gasteiger partial charge in [0.05, 0.1) is 0 Å². The molecule has 2 rings (SSSR count). The summed E-state index contributed by atoms with van der Waals surface area (Å²) in [6.45, 7) is 10.5. The summed E-state index contributed by atoms with van der Waals surface area (Å²) in [6, 6.07) is 9.61. The number of hydrogen-bond acceptors (Lipinski definition) is 2. The molecule has 0 bridgehead atoms. The number of nitrogens with zero attached hydrogens (tertiary/aromatic N) is 1. The highest BCUT2D eigenvalue weighted by molar-refractivity contribution is 6.30. The third-order valence-electron chi connectivity index (χ3n) is 4.96. The second-order valence-corrected chi connectivity index (χ2v) is 6.80. The first-order chi connectivity index (χ1) is 10.1. The summed E-state index contributed by atoms with van der Waals surface area (Å²) >= 11 is 5.94. The summed E-state index contributed by atoms with van der Waals surface area (Å²) in [5.74, 6) is 0.718. The second-order valence-electron chi connectivity index (χ2n) is 6.36. The molecule has 1 N–H and O–H groups in total. The summed E-state index contributed by atoms with van der Waals surface area (Å²) in [5, 5.41) is 4.53. The van der Waals surface area contributed by atoms with Crippen LogP contribution in [-0.4, -0.2) is 36.6 Å². The summed E-state index contributed by atoms with van der Waals surface area (Å²) < 4.78 is 0. The standard InChI is InChI=1S/C18H29ClN2/c1-4-11-20-18-10-13-21(15(3)14(18)2)12-9-16-5-7-17(19)8-6-16/h5-8,14-15,18,20H,4,9-13H2,1-3H3. The van der Waals surface area contributed by atoms with Gasteiger partial charge in [0.15, 0.2) is 0 Å². The van der Waals surface area contributed by atoms with Crippen molar-refractivity contribution in [3.63, 3.8) is 0 Å². The molecule has 1 aliphatic heterocycles. The molecule has 1 aromatic carbocycles. The van der Waals surface area contributed by atoms with E-state index >= 15 is 0 Å². The minimum Gasteiger partial charge on any atom is -0.314 e. The largest absolute Gasteiger partial charge is 0.314 e. The van der Waals surface area contributed by atoms with Crippen molar-refractivity contribution < 1.29 is 0 Å². The molecule has 0 spiro atoms. The first-order valence-electron chi connectivity index (χ1n) is 8.33. The van der Waals surface area contributed by atoms with Crippen molar-refractivity contribution in [2.24, 2.45) is 5.92 Å². The Morgan fingerprint density at radius 1 is 1.24 bits per heavy atom. The van der Waals surface area contributed by atoms with Crippen LogP contribution >= 0.6 is 11.6 Å². The molecule has 1 aromatic rings. The fraction of sp³-hybridized carbons (Fsp3) is 0.667. The minimum absolute atomic E-state index is 0.653. The molecule has 0 saturated carbocycles. The quantitative estimate of drug-likeness (QED) is 0.855. The molecule has 1 aliphatic rings. The molecule has 1 heterocycles. The lowest BCUT2D eigenvalue weighted by Crippen LogP contribution is -2.53. The van der Waals surface area contributed by atoms with Crippen LogP contribution < -0.4 is 5.32 Å². The van der Waals surface area contributed by atoms with E-state index in [9.17, 15) is 0 Å². The average molecular weight is 309 g/mol. The van der Waals surface area contributed by atoms with E-state index in [1.165, 1.54) is 24.9 Å². The van der Waals surface area contributed by atoms with Gasteiger partial charge in [-0.1, -0.05) is 37.6 Å². The van der Waals surface area contributed by atoms with Crippen molar-refractivity contribution in [3.8, 4) is 0 Å². The van der Waals surface area contributed by atoms with Crippen molar-refractivity contribution >= 4 is 11.6 Å². The number of halogens is 1. The third kappa shape index (κ3) is 4.70. The molecule has 0 amide bonds. The van der Waals surface area contributed by atoms with Crippen LogP contribution in [-0.2, 0) is 6.42 Å². The van der Waals surface area contributed by atoms with Gasteiger partial charge in [-0.15, -0.1) is 0 Å². The lowest BCUT2D eigenvalue weighted by atomic mass is 9.86. The molecule has 1 saturated heterocycles. The highest BCUT2D eigenvalue weighted by atomic mass is 35.5. The number of rotatable bonds is 6. The number of hydrogen-bond donors (Lipinski definition) is 1. The highest BCUT2D eigenvalue weighted by Crippen LogP contribution is 2.24. The van der Waals surface area contributed by atoms with E-state index in [1.807, 2.05) is 12.1 Å². The summed E-state index contributed by atoms with van der Waals surface area (Å²) in [5.41, 5.74) is 1.38. The van der Waals surface area contributed by atoms with Crippen LogP contribution in [0.1, 0.15) is 39.2 Å². The number of piperidine rings is 1. The molecular formula is C18H29ClN2. The Morgan fingerprint density at radius 3 is 2.62 bits per heavy atom. The van der Waals surface area contributed by atoms with Gasteiger partial charge >= 0.3 is 0 Å². The van der Waals surface area contributed by atoms with Crippen molar-refractivity contribution in [1.29, 1.82) is 0 Å². The summed E-state index contributed by atoms with van der Waals surface area (Å²) in [6.07, 6.45) is 3.60. The Labute approximate surface area is 134 Å². The Bertz CT molecular complexity index is 418. The molecule has 0 aromatic heterocycles. The lowest BCUT2D eigenvalue weighted by Gasteiger charge is -2.43. The molecule has 3 atom stereocenters. The Hall–Kier alpha value is -0.570. The van der Waals surface area contributed by atoms with Crippen LogP contribution in [0, 0.1) is 5.92 Å². The predicted octanol–water partition coefficient (Wildman–Crippen LogP) is 3.98. The van der Waals surface area contributed by atoms with Gasteiger partial charge in [0.25, 0.3) is 0 Å². The minimum atomic E-state index is 0.653. The van der Waals surface area contributed by atoms with Crippen LogP contribution in [0.2, 0.25) is 5.02 Å². The molecule has 118 valence electrons. The van der Waals surface area contributed by atoms with Crippen molar-refractivity contribution in [3.05, 3.63) is 34.9 Å². The lowest BCUT2D eigenvalue weighted by molar-refractivity contribution is 0.0861. The van der Waals surface area contributed by atoms with Crippen LogP contribution in [0.3, 0.4) is 0 Å². The van der Waals surface area contributed by atoms with Gasteiger partial charge in [-0.25, -0.2) is 0 Å². The zero-order valence-electron chi connectivity index (χ0n) is 13.6. The van der Waals surface area contributed by atoms with Gasteiger partial charge in [-0.2, -0.15) is 0 Å². The highest BCUT2D eigenvalue weighted by Gasteiger charge is 2.31. The maximum atomic E-state index is 5.94. The van der Waals surface area contributed by atoms with E-state index < -0.39 is 0 Å². The zero-order valence-corrected chi connectivity index (χ0v) is 14.4. The van der Waals surface area contributed by atoms with E-state index in [4.69, 9.17) is 11.6 Å². The van der Waals surface area contributed by atoms with Gasteiger partial charge in [-0.05, 0) is 62.9 Å². The van der Waals surface area contributed by atoms with Crippen molar-refractivity contribution in [2.45, 2.75) is 52.1 Å². The molecular weight excluding hydrogens is 280 g/mol. The second kappa shape index (κ2) is 8.17. The first kappa shape index (κ1) is 16.8. The maximum Gasteiger partial charge on any atom is 0.0406 e. The normalized spacial score (nSPS) is 27.0. The molecule has 0 aliphatic carbocycles. The van der Waals surface area contributed by atoms with Gasteiger partial charge in [-0.3, -0.25) is 4.90 Å². The van der Waals surface area contributed by atoms with Crippen LogP contribution in [0.15, 0.2) is 24.3 Å². The monoisotopic (exact) mass is 308 g/mol. The number of nitrogens with one attached hydrogen (secondary N) is 1. The van der Waals surface area contributed by atoms with Crippen LogP contribution in [0.25, 0.3) is 0 Å². The van der Waals surface area contributed by atoms with E-state index in [-0.39, 0.29) is 0 Å². The van der Waals surface area contributed by atoms with Crippen LogP contribution in [0.5, 0.6) is 0 Å². The fourth-order valence-electron chi connectivity index (χ4n) is 3.30. The predicted molar refractivity (Wildman–Crippen MR) is 92.1 cm³/mol. The Kier molecular flexibility index (Phi) is 6.53. The summed E-state index contributed by atoms with van der Waals surface area (Å²) in [4.78, 5) is 2.64. The molecule has 3 unspecified atom stereocenters. The van der Waals surface area contributed by atoms with E-state index in [0.717, 1.165) is 30.5 Å². The molecule has 0 radical (unpaired) electrons. The smallest absolute Gasteiger partial charge is 0.0406 e. The molecule has 2 nitrogen and oxygen atoms in total. The first-order valence-corrected chi connectivity index (χ1v) is 8.71. The number of likely N-dealkylation sites (tertiary alicyclic amines) is 1. The van der Waals surface area contributed by atoms with Crippen molar-refractivity contribution in [1.82, 2.24) is 10.2 Å². The van der Waals surface area contributed by atoms with Gasteiger partial charge in [0, 0.05) is 23.7 Å². The fourth-order valence-corrected chi connectivity index (χ4v) is 3.42. The van der Waals surface area contributed by atoms with E-state index in [0.29, 0.717) is 12.1 Å². The summed E-state index contributed by atoms with van der Waals surface area (Å²) in [7, 11) is 0. The van der Waals surface area contributed by atoms with Crippen LogP contribution in [0.4, 0.5) is 0 Å². The third-order valence-corrected chi connectivity index (χ3v) is 5.21.